The van der Waals surface area contributed by atoms with Crippen molar-refractivity contribution in [3.8, 4) is 11.5 Å². The molecular weight excluding hydrogens is 230 g/mol. The first kappa shape index (κ1) is 12.8. The largest absolute Gasteiger partial charge is 0.497 e. The summed E-state index contributed by atoms with van der Waals surface area (Å²) in [5.74, 6) is 2.54. The van der Waals surface area contributed by atoms with E-state index in [0.717, 1.165) is 35.8 Å². The van der Waals surface area contributed by atoms with Crippen LogP contribution in [-0.2, 0) is 4.74 Å². The molecule has 1 aromatic carbocycles. The van der Waals surface area contributed by atoms with Crippen LogP contribution in [0.15, 0.2) is 30.0 Å². The first-order chi connectivity index (χ1) is 8.80. The molecule has 1 aromatic rings. The van der Waals surface area contributed by atoms with Crippen LogP contribution in [0.5, 0.6) is 11.5 Å². The quantitative estimate of drug-likeness (QED) is 0.869. The van der Waals surface area contributed by atoms with E-state index in [4.69, 9.17) is 14.2 Å². The molecule has 18 heavy (non-hydrogen) atoms. The molecule has 0 aliphatic carbocycles. The molecule has 0 saturated heterocycles. The van der Waals surface area contributed by atoms with E-state index in [0.29, 0.717) is 0 Å². The van der Waals surface area contributed by atoms with Gasteiger partial charge in [-0.05, 0) is 25.3 Å². The minimum absolute atomic E-state index is 0.0216. The van der Waals surface area contributed by atoms with Crippen molar-refractivity contribution in [2.75, 3.05) is 27.9 Å². The lowest BCUT2D eigenvalue weighted by molar-refractivity contribution is 0.216. The second-order valence-corrected chi connectivity index (χ2v) is 4.07. The topological polar surface area (TPSA) is 39.7 Å². The van der Waals surface area contributed by atoms with Gasteiger partial charge in [0.2, 0.25) is 0 Å². The van der Waals surface area contributed by atoms with E-state index >= 15 is 0 Å². The van der Waals surface area contributed by atoms with Crippen molar-refractivity contribution in [2.24, 2.45) is 0 Å². The van der Waals surface area contributed by atoms with Crippen LogP contribution < -0.4 is 14.8 Å². The zero-order chi connectivity index (χ0) is 13.0. The summed E-state index contributed by atoms with van der Waals surface area (Å²) in [6.45, 7) is 0.756. The van der Waals surface area contributed by atoms with Crippen molar-refractivity contribution in [1.29, 1.82) is 0 Å². The van der Waals surface area contributed by atoms with Crippen LogP contribution in [0.4, 0.5) is 0 Å². The first-order valence-corrected chi connectivity index (χ1v) is 6.02. The Labute approximate surface area is 108 Å². The molecule has 0 aromatic heterocycles. The minimum atomic E-state index is 0.0216. The van der Waals surface area contributed by atoms with Gasteiger partial charge in [0.15, 0.2) is 0 Å². The summed E-state index contributed by atoms with van der Waals surface area (Å²) >= 11 is 0. The van der Waals surface area contributed by atoms with E-state index in [9.17, 15) is 0 Å². The Balaban J connectivity index is 2.35. The zero-order valence-electron chi connectivity index (χ0n) is 11.0. The molecule has 1 heterocycles. The van der Waals surface area contributed by atoms with E-state index in [1.807, 2.05) is 25.2 Å². The van der Waals surface area contributed by atoms with Gasteiger partial charge in [0.05, 0.1) is 26.9 Å². The molecule has 1 unspecified atom stereocenters. The number of nitrogens with one attached hydrogen (secondary N) is 1. The lowest BCUT2D eigenvalue weighted by Gasteiger charge is -2.20. The van der Waals surface area contributed by atoms with E-state index in [-0.39, 0.29) is 6.04 Å². The molecule has 1 aliphatic heterocycles. The monoisotopic (exact) mass is 249 g/mol. The van der Waals surface area contributed by atoms with Gasteiger partial charge in [-0.15, -0.1) is 0 Å². The minimum Gasteiger partial charge on any atom is -0.497 e. The third kappa shape index (κ3) is 2.43. The molecule has 0 radical (unpaired) electrons. The normalized spacial score (nSPS) is 15.8. The summed E-state index contributed by atoms with van der Waals surface area (Å²) < 4.78 is 16.3. The van der Waals surface area contributed by atoms with Crippen molar-refractivity contribution in [3.05, 3.63) is 35.6 Å². The van der Waals surface area contributed by atoms with Crippen LogP contribution in [0.2, 0.25) is 0 Å². The highest BCUT2D eigenvalue weighted by molar-refractivity contribution is 5.44. The summed E-state index contributed by atoms with van der Waals surface area (Å²) in [6, 6.07) is 5.84. The summed E-state index contributed by atoms with van der Waals surface area (Å²) in [4.78, 5) is 0. The number of benzene rings is 1. The molecule has 0 saturated carbocycles. The first-order valence-electron chi connectivity index (χ1n) is 6.02. The van der Waals surface area contributed by atoms with Crippen molar-refractivity contribution in [3.63, 3.8) is 0 Å². The number of hydrogen-bond acceptors (Lipinski definition) is 4. The maximum absolute atomic E-state index is 5.63. The fourth-order valence-corrected chi connectivity index (χ4v) is 2.15. The smallest absolute Gasteiger partial charge is 0.127 e. The predicted octanol–water partition coefficient (Wildman–Crippen LogP) is 2.27. The van der Waals surface area contributed by atoms with E-state index in [2.05, 4.69) is 11.4 Å². The second-order valence-electron chi connectivity index (χ2n) is 4.07. The number of rotatable bonds is 5. The van der Waals surface area contributed by atoms with Crippen LogP contribution in [0.1, 0.15) is 18.0 Å². The Hall–Kier alpha value is -1.68. The molecule has 2 rings (SSSR count). The SMILES string of the molecule is CNC(C1=CCCO1)c1ccc(OC)cc1OC. The maximum Gasteiger partial charge on any atom is 0.127 e. The molecule has 98 valence electrons. The summed E-state index contributed by atoms with van der Waals surface area (Å²) in [5.41, 5.74) is 1.05. The maximum atomic E-state index is 5.63. The molecule has 4 heteroatoms. The van der Waals surface area contributed by atoms with Gasteiger partial charge in [-0.1, -0.05) is 0 Å². The van der Waals surface area contributed by atoms with Crippen molar-refractivity contribution in [1.82, 2.24) is 5.32 Å². The fraction of sp³-hybridized carbons (Fsp3) is 0.429. The van der Waals surface area contributed by atoms with Gasteiger partial charge in [0.25, 0.3) is 0 Å². The fourth-order valence-electron chi connectivity index (χ4n) is 2.15. The van der Waals surface area contributed by atoms with Gasteiger partial charge in [-0.2, -0.15) is 0 Å². The van der Waals surface area contributed by atoms with Crippen molar-refractivity contribution < 1.29 is 14.2 Å². The summed E-state index contributed by atoms with van der Waals surface area (Å²) in [6.07, 6.45) is 3.08. The summed E-state index contributed by atoms with van der Waals surface area (Å²) in [5, 5.41) is 3.26. The second kappa shape index (κ2) is 5.78. The molecule has 0 fully saturated rings. The lowest BCUT2D eigenvalue weighted by atomic mass is 10.0. The Bertz CT molecular complexity index is 443. The highest BCUT2D eigenvalue weighted by Gasteiger charge is 2.22. The number of ether oxygens (including phenoxy) is 3. The van der Waals surface area contributed by atoms with Gasteiger partial charge in [-0.25, -0.2) is 0 Å². The standard InChI is InChI=1S/C14H19NO3/c1-15-14(12-5-4-8-18-12)11-7-6-10(16-2)9-13(11)17-3/h5-7,9,14-15H,4,8H2,1-3H3. The van der Waals surface area contributed by atoms with Crippen LogP contribution >= 0.6 is 0 Å². The molecule has 1 atom stereocenters. The number of likely N-dealkylation sites (N-methyl/N-ethyl adjacent to an activating group) is 1. The molecule has 1 aliphatic rings. The molecule has 4 nitrogen and oxygen atoms in total. The number of methoxy groups -OCH3 is 2. The van der Waals surface area contributed by atoms with E-state index in [1.54, 1.807) is 14.2 Å². The van der Waals surface area contributed by atoms with Gasteiger partial charge < -0.3 is 19.5 Å². The number of hydrogen-bond donors (Lipinski definition) is 1. The van der Waals surface area contributed by atoms with Crippen molar-refractivity contribution in [2.45, 2.75) is 12.5 Å². The Kier molecular flexibility index (Phi) is 4.10. The Morgan fingerprint density at radius 1 is 1.28 bits per heavy atom. The van der Waals surface area contributed by atoms with Gasteiger partial charge in [0.1, 0.15) is 17.3 Å². The zero-order valence-corrected chi connectivity index (χ0v) is 11.0. The summed E-state index contributed by atoms with van der Waals surface area (Å²) in [7, 11) is 5.22. The van der Waals surface area contributed by atoms with Crippen LogP contribution in [0.3, 0.4) is 0 Å². The third-order valence-corrected chi connectivity index (χ3v) is 3.06. The van der Waals surface area contributed by atoms with Crippen LogP contribution in [-0.4, -0.2) is 27.9 Å². The molecule has 1 N–H and O–H groups in total. The van der Waals surface area contributed by atoms with Gasteiger partial charge in [-0.3, -0.25) is 0 Å². The molecule has 0 spiro atoms. The highest BCUT2D eigenvalue weighted by Crippen LogP contribution is 2.34. The average molecular weight is 249 g/mol. The van der Waals surface area contributed by atoms with Crippen LogP contribution in [0, 0.1) is 0 Å². The van der Waals surface area contributed by atoms with Gasteiger partial charge >= 0.3 is 0 Å². The molecule has 0 amide bonds. The average Bonchev–Trinajstić information content (AvgIpc) is 2.94. The molecule has 0 bridgehead atoms. The van der Waals surface area contributed by atoms with E-state index < -0.39 is 0 Å². The third-order valence-electron chi connectivity index (χ3n) is 3.06. The van der Waals surface area contributed by atoms with Crippen molar-refractivity contribution >= 4 is 0 Å². The van der Waals surface area contributed by atoms with Crippen LogP contribution in [0.25, 0.3) is 0 Å². The highest BCUT2D eigenvalue weighted by atomic mass is 16.5. The Morgan fingerprint density at radius 3 is 2.67 bits per heavy atom. The van der Waals surface area contributed by atoms with E-state index in [1.165, 1.54) is 0 Å². The Morgan fingerprint density at radius 2 is 2.11 bits per heavy atom. The molecular formula is C14H19NO3. The lowest BCUT2D eigenvalue weighted by Crippen LogP contribution is -2.19. The van der Waals surface area contributed by atoms with Gasteiger partial charge in [0, 0.05) is 18.1 Å². The predicted molar refractivity (Wildman–Crippen MR) is 70.0 cm³/mol.